The Balaban J connectivity index is 2.58. The lowest BCUT2D eigenvalue weighted by Gasteiger charge is -2.21. The van der Waals surface area contributed by atoms with Crippen molar-refractivity contribution in [2.75, 3.05) is 6.61 Å². The molecule has 13 heavy (non-hydrogen) atoms. The molecule has 1 N–H and O–H groups in total. The minimum atomic E-state index is -0.407. The van der Waals surface area contributed by atoms with Gasteiger partial charge in [-0.15, -0.1) is 0 Å². The van der Waals surface area contributed by atoms with Crippen LogP contribution in [0.1, 0.15) is 12.0 Å². The van der Waals surface area contributed by atoms with Crippen LogP contribution < -0.4 is 0 Å². The van der Waals surface area contributed by atoms with Gasteiger partial charge in [0.1, 0.15) is 0 Å². The van der Waals surface area contributed by atoms with Crippen LogP contribution in [0.25, 0.3) is 0 Å². The van der Waals surface area contributed by atoms with Gasteiger partial charge in [-0.3, -0.25) is 0 Å². The molecule has 1 rings (SSSR count). The van der Waals surface area contributed by atoms with Crippen molar-refractivity contribution in [1.29, 1.82) is 0 Å². The molecule has 1 aromatic carbocycles. The van der Waals surface area contributed by atoms with E-state index in [2.05, 4.69) is 25.3 Å². The molecule has 0 aromatic heterocycles. The molecule has 3 heteroatoms. The third-order valence-corrected chi connectivity index (χ3v) is 2.61. The van der Waals surface area contributed by atoms with E-state index in [0.717, 1.165) is 6.42 Å². The smallest absolute Gasteiger partial charge is 0.0613 e. The molecule has 0 amide bonds. The minimum absolute atomic E-state index is 0.125. The van der Waals surface area contributed by atoms with Crippen molar-refractivity contribution in [1.82, 2.24) is 0 Å². The van der Waals surface area contributed by atoms with Crippen LogP contribution >= 0.6 is 25.3 Å². The summed E-state index contributed by atoms with van der Waals surface area (Å²) >= 11 is 8.76. The number of aliphatic hydroxyl groups excluding tert-OH is 1. The van der Waals surface area contributed by atoms with E-state index in [1.54, 1.807) is 0 Å². The summed E-state index contributed by atoms with van der Waals surface area (Å²) < 4.78 is -0.407. The van der Waals surface area contributed by atoms with E-state index in [-0.39, 0.29) is 6.61 Å². The van der Waals surface area contributed by atoms with Crippen LogP contribution in [0.5, 0.6) is 0 Å². The SMILES string of the molecule is OCCC(S)(S)Cc1ccccc1. The molecule has 0 radical (unpaired) electrons. The first-order valence-corrected chi connectivity index (χ1v) is 5.13. The molecular formula is C10H14OS2. The van der Waals surface area contributed by atoms with E-state index in [4.69, 9.17) is 5.11 Å². The van der Waals surface area contributed by atoms with Gasteiger partial charge in [0.25, 0.3) is 0 Å². The summed E-state index contributed by atoms with van der Waals surface area (Å²) in [5.41, 5.74) is 1.20. The zero-order chi connectivity index (χ0) is 9.73. The van der Waals surface area contributed by atoms with E-state index in [0.29, 0.717) is 6.42 Å². The zero-order valence-corrected chi connectivity index (χ0v) is 9.14. The van der Waals surface area contributed by atoms with Gasteiger partial charge in [0.05, 0.1) is 4.08 Å². The van der Waals surface area contributed by atoms with Crippen LogP contribution in [0.2, 0.25) is 0 Å². The zero-order valence-electron chi connectivity index (χ0n) is 7.35. The molecule has 0 aliphatic heterocycles. The van der Waals surface area contributed by atoms with E-state index < -0.39 is 4.08 Å². The maximum atomic E-state index is 8.78. The van der Waals surface area contributed by atoms with Crippen LogP contribution in [0, 0.1) is 0 Å². The highest BCUT2D eigenvalue weighted by molar-refractivity contribution is 8.00. The summed E-state index contributed by atoms with van der Waals surface area (Å²) in [6.07, 6.45) is 1.36. The maximum absolute atomic E-state index is 8.78. The Morgan fingerprint density at radius 3 is 2.31 bits per heavy atom. The molecule has 0 aliphatic rings. The first-order chi connectivity index (χ1) is 6.14. The quantitative estimate of drug-likeness (QED) is 0.518. The summed E-state index contributed by atoms with van der Waals surface area (Å²) in [6, 6.07) is 10.0. The molecule has 72 valence electrons. The monoisotopic (exact) mass is 214 g/mol. The summed E-state index contributed by atoms with van der Waals surface area (Å²) in [5, 5.41) is 8.78. The van der Waals surface area contributed by atoms with Gasteiger partial charge in [-0.05, 0) is 18.4 Å². The molecule has 0 aliphatic carbocycles. The molecule has 0 saturated carbocycles. The van der Waals surface area contributed by atoms with E-state index in [1.165, 1.54) is 5.56 Å². The van der Waals surface area contributed by atoms with Gasteiger partial charge < -0.3 is 5.11 Å². The Kier molecular flexibility index (Phi) is 4.16. The van der Waals surface area contributed by atoms with E-state index in [1.807, 2.05) is 30.3 Å². The fourth-order valence-corrected chi connectivity index (χ4v) is 1.76. The predicted octanol–water partition coefficient (Wildman–Crippen LogP) is 2.17. The van der Waals surface area contributed by atoms with Gasteiger partial charge in [0, 0.05) is 6.61 Å². The lowest BCUT2D eigenvalue weighted by Crippen LogP contribution is -2.18. The summed E-state index contributed by atoms with van der Waals surface area (Å²) in [6.45, 7) is 0.125. The predicted molar refractivity (Wildman–Crippen MR) is 62.6 cm³/mol. The highest BCUT2D eigenvalue weighted by Crippen LogP contribution is 2.28. The van der Waals surface area contributed by atoms with Gasteiger partial charge in [-0.2, -0.15) is 25.3 Å². The van der Waals surface area contributed by atoms with Crippen LogP contribution in [-0.4, -0.2) is 15.8 Å². The maximum Gasteiger partial charge on any atom is 0.0613 e. The normalized spacial score (nSPS) is 11.6. The van der Waals surface area contributed by atoms with Gasteiger partial charge in [0.2, 0.25) is 0 Å². The van der Waals surface area contributed by atoms with Crippen molar-refractivity contribution in [2.45, 2.75) is 16.9 Å². The van der Waals surface area contributed by atoms with Crippen molar-refractivity contribution in [3.63, 3.8) is 0 Å². The number of thiol groups is 2. The van der Waals surface area contributed by atoms with Gasteiger partial charge in [-0.1, -0.05) is 30.3 Å². The third kappa shape index (κ3) is 4.07. The number of hydrogen-bond acceptors (Lipinski definition) is 3. The Bertz CT molecular complexity index is 246. The van der Waals surface area contributed by atoms with Crippen LogP contribution in [0.3, 0.4) is 0 Å². The highest BCUT2D eigenvalue weighted by atomic mass is 32.2. The van der Waals surface area contributed by atoms with Crippen molar-refractivity contribution in [2.24, 2.45) is 0 Å². The summed E-state index contributed by atoms with van der Waals surface area (Å²) in [4.78, 5) is 0. The Labute approximate surface area is 90.0 Å². The Morgan fingerprint density at radius 2 is 1.77 bits per heavy atom. The second kappa shape index (κ2) is 4.94. The second-order valence-electron chi connectivity index (χ2n) is 3.12. The van der Waals surface area contributed by atoms with Gasteiger partial charge in [-0.25, -0.2) is 0 Å². The number of aliphatic hydroxyl groups is 1. The fraction of sp³-hybridized carbons (Fsp3) is 0.400. The molecular weight excluding hydrogens is 200 g/mol. The molecule has 0 bridgehead atoms. The second-order valence-corrected chi connectivity index (χ2v) is 5.18. The lowest BCUT2D eigenvalue weighted by atomic mass is 10.1. The minimum Gasteiger partial charge on any atom is -0.396 e. The Morgan fingerprint density at radius 1 is 1.15 bits per heavy atom. The number of benzene rings is 1. The molecule has 0 atom stereocenters. The standard InChI is InChI=1S/C10H14OS2/c11-7-6-10(12,13)8-9-4-2-1-3-5-9/h1-5,11-13H,6-8H2. The number of hydrogen-bond donors (Lipinski definition) is 3. The number of rotatable bonds is 4. The summed E-state index contributed by atoms with van der Waals surface area (Å²) in [7, 11) is 0. The molecule has 0 unspecified atom stereocenters. The van der Waals surface area contributed by atoms with Crippen molar-refractivity contribution >= 4 is 25.3 Å². The molecule has 0 fully saturated rings. The van der Waals surface area contributed by atoms with E-state index in [9.17, 15) is 0 Å². The topological polar surface area (TPSA) is 20.2 Å². The fourth-order valence-electron chi connectivity index (χ4n) is 1.19. The van der Waals surface area contributed by atoms with Crippen LogP contribution in [0.15, 0.2) is 30.3 Å². The van der Waals surface area contributed by atoms with Crippen molar-refractivity contribution in [3.05, 3.63) is 35.9 Å². The molecule has 0 saturated heterocycles. The van der Waals surface area contributed by atoms with E-state index >= 15 is 0 Å². The third-order valence-electron chi connectivity index (χ3n) is 1.84. The van der Waals surface area contributed by atoms with Crippen molar-refractivity contribution < 1.29 is 5.11 Å². The van der Waals surface area contributed by atoms with Crippen LogP contribution in [-0.2, 0) is 6.42 Å². The average molecular weight is 214 g/mol. The van der Waals surface area contributed by atoms with Crippen molar-refractivity contribution in [3.8, 4) is 0 Å². The first-order valence-electron chi connectivity index (χ1n) is 4.23. The van der Waals surface area contributed by atoms with Gasteiger partial charge in [0.15, 0.2) is 0 Å². The molecule has 1 aromatic rings. The molecule has 0 heterocycles. The largest absolute Gasteiger partial charge is 0.396 e. The van der Waals surface area contributed by atoms with Crippen LogP contribution in [0.4, 0.5) is 0 Å². The summed E-state index contributed by atoms with van der Waals surface area (Å²) in [5.74, 6) is 0. The molecule has 0 spiro atoms. The average Bonchev–Trinajstić information content (AvgIpc) is 2.04. The lowest BCUT2D eigenvalue weighted by molar-refractivity contribution is 0.283. The molecule has 1 nitrogen and oxygen atoms in total. The first kappa shape index (κ1) is 11.0. The highest BCUT2D eigenvalue weighted by Gasteiger charge is 2.19. The van der Waals surface area contributed by atoms with Gasteiger partial charge >= 0.3 is 0 Å². The Hall–Kier alpha value is -0.120.